The van der Waals surface area contributed by atoms with Gasteiger partial charge in [-0.3, -0.25) is 10.1 Å². The predicted octanol–water partition coefficient (Wildman–Crippen LogP) is 1.20. The maximum absolute atomic E-state index is 12.5. The van der Waals surface area contributed by atoms with Gasteiger partial charge in [0.05, 0.1) is 15.9 Å². The first-order valence-corrected chi connectivity index (χ1v) is 8.96. The third kappa shape index (κ3) is 3.46. The summed E-state index contributed by atoms with van der Waals surface area (Å²) in [4.78, 5) is 12.4. The fourth-order valence-corrected chi connectivity index (χ4v) is 4.23. The molecule has 1 fully saturated rings. The molecular formula is C14H21N3O5S. The molecule has 0 radical (unpaired) electrons. The fourth-order valence-electron chi connectivity index (χ4n) is 2.75. The number of β-amino-alcohol motifs (C(OH)–C–C–N with tert-alkyl or cyclic N) is 1. The van der Waals surface area contributed by atoms with Crippen LogP contribution < -0.4 is 4.90 Å². The van der Waals surface area contributed by atoms with Gasteiger partial charge in [-0.2, -0.15) is 4.31 Å². The Morgan fingerprint density at radius 3 is 2.52 bits per heavy atom. The maximum Gasteiger partial charge on any atom is 0.293 e. The second kappa shape index (κ2) is 6.81. The highest BCUT2D eigenvalue weighted by Gasteiger charge is 2.30. The van der Waals surface area contributed by atoms with E-state index in [1.54, 1.807) is 18.7 Å². The van der Waals surface area contributed by atoms with E-state index >= 15 is 0 Å². The molecule has 1 N–H and O–H groups in total. The van der Waals surface area contributed by atoms with E-state index in [9.17, 15) is 23.6 Å². The summed E-state index contributed by atoms with van der Waals surface area (Å²) in [6, 6.07) is 3.95. The lowest BCUT2D eigenvalue weighted by Crippen LogP contribution is -2.30. The van der Waals surface area contributed by atoms with E-state index in [2.05, 4.69) is 0 Å². The van der Waals surface area contributed by atoms with Gasteiger partial charge in [0.1, 0.15) is 5.69 Å². The van der Waals surface area contributed by atoms with Gasteiger partial charge in [-0.15, -0.1) is 0 Å². The molecule has 1 aromatic carbocycles. The second-order valence-electron chi connectivity index (χ2n) is 5.39. The number of nitro groups is 1. The number of benzene rings is 1. The predicted molar refractivity (Wildman–Crippen MR) is 86.0 cm³/mol. The molecule has 9 heteroatoms. The average molecular weight is 343 g/mol. The molecule has 1 aliphatic rings. The van der Waals surface area contributed by atoms with Crippen molar-refractivity contribution in [3.63, 3.8) is 0 Å². The van der Waals surface area contributed by atoms with Crippen LogP contribution in [0.3, 0.4) is 0 Å². The molecule has 8 nitrogen and oxygen atoms in total. The van der Waals surface area contributed by atoms with Crippen LogP contribution in [0.4, 0.5) is 11.4 Å². The maximum atomic E-state index is 12.5. The lowest BCUT2D eigenvalue weighted by Gasteiger charge is -2.21. The van der Waals surface area contributed by atoms with Gasteiger partial charge in [0.15, 0.2) is 0 Å². The Bertz CT molecular complexity index is 688. The SMILES string of the molecule is CCN(CC)S(=O)(=O)c1ccc(N2CC[C@H](O)C2)c([N+](=O)[O-])c1. The topological polar surface area (TPSA) is 104 Å². The van der Waals surface area contributed by atoms with Crippen LogP contribution in [0.1, 0.15) is 20.3 Å². The van der Waals surface area contributed by atoms with Crippen LogP contribution in [0.25, 0.3) is 0 Å². The lowest BCUT2D eigenvalue weighted by atomic mass is 10.2. The summed E-state index contributed by atoms with van der Waals surface area (Å²) in [6.45, 7) is 4.84. The minimum absolute atomic E-state index is 0.0867. The Labute approximate surface area is 135 Å². The summed E-state index contributed by atoms with van der Waals surface area (Å²) in [7, 11) is -3.75. The Kier molecular flexibility index (Phi) is 5.23. The van der Waals surface area contributed by atoms with Gasteiger partial charge in [-0.25, -0.2) is 8.42 Å². The summed E-state index contributed by atoms with van der Waals surface area (Å²) >= 11 is 0. The summed E-state index contributed by atoms with van der Waals surface area (Å²) < 4.78 is 26.3. The molecule has 1 heterocycles. The minimum atomic E-state index is -3.75. The molecule has 1 atom stereocenters. The van der Waals surface area contributed by atoms with Gasteiger partial charge in [0.2, 0.25) is 10.0 Å². The number of anilines is 1. The van der Waals surface area contributed by atoms with Crippen molar-refractivity contribution in [2.45, 2.75) is 31.3 Å². The van der Waals surface area contributed by atoms with E-state index in [-0.39, 0.29) is 10.6 Å². The van der Waals surface area contributed by atoms with Crippen molar-refractivity contribution >= 4 is 21.4 Å². The van der Waals surface area contributed by atoms with Crippen LogP contribution in [-0.2, 0) is 10.0 Å². The van der Waals surface area contributed by atoms with Crippen LogP contribution in [0.15, 0.2) is 23.1 Å². The number of hydrogen-bond donors (Lipinski definition) is 1. The van der Waals surface area contributed by atoms with E-state index in [0.717, 1.165) is 6.07 Å². The smallest absolute Gasteiger partial charge is 0.293 e. The molecule has 0 aromatic heterocycles. The zero-order chi connectivity index (χ0) is 17.2. The number of rotatable bonds is 6. The Morgan fingerprint density at radius 2 is 2.04 bits per heavy atom. The Hall–Kier alpha value is -1.71. The van der Waals surface area contributed by atoms with Gasteiger partial charge < -0.3 is 10.0 Å². The summed E-state index contributed by atoms with van der Waals surface area (Å²) in [5, 5.41) is 21.0. The van der Waals surface area contributed by atoms with Crippen LogP contribution in [0.2, 0.25) is 0 Å². The van der Waals surface area contributed by atoms with Crippen molar-refractivity contribution in [1.82, 2.24) is 4.31 Å². The van der Waals surface area contributed by atoms with Gasteiger partial charge in [-0.05, 0) is 18.6 Å². The number of nitro benzene ring substituents is 1. The zero-order valence-electron chi connectivity index (χ0n) is 13.2. The zero-order valence-corrected chi connectivity index (χ0v) is 14.0. The highest BCUT2D eigenvalue weighted by Crippen LogP contribution is 2.33. The molecular weight excluding hydrogens is 322 g/mol. The number of nitrogens with zero attached hydrogens (tertiary/aromatic N) is 3. The van der Waals surface area contributed by atoms with Crippen molar-refractivity contribution in [2.24, 2.45) is 0 Å². The number of aliphatic hydroxyl groups excluding tert-OH is 1. The molecule has 1 aliphatic heterocycles. The third-order valence-electron chi connectivity index (χ3n) is 3.99. The molecule has 0 saturated carbocycles. The normalized spacial score (nSPS) is 18.6. The standard InChI is InChI=1S/C14H21N3O5S/c1-3-16(4-2)23(21,22)12-5-6-13(14(9-12)17(19)20)15-8-7-11(18)10-15/h5-6,9,11,18H,3-4,7-8,10H2,1-2H3/t11-/m0/s1. The van der Waals surface area contributed by atoms with E-state index in [1.807, 2.05) is 0 Å². The van der Waals surface area contributed by atoms with Crippen molar-refractivity contribution in [3.05, 3.63) is 28.3 Å². The molecule has 0 bridgehead atoms. The highest BCUT2D eigenvalue weighted by atomic mass is 32.2. The van der Waals surface area contributed by atoms with Gasteiger partial charge in [-0.1, -0.05) is 13.8 Å². The molecule has 128 valence electrons. The molecule has 0 amide bonds. The van der Waals surface area contributed by atoms with Crippen LogP contribution in [-0.4, -0.2) is 55.0 Å². The van der Waals surface area contributed by atoms with Crippen molar-refractivity contribution in [1.29, 1.82) is 0 Å². The molecule has 23 heavy (non-hydrogen) atoms. The third-order valence-corrected chi connectivity index (χ3v) is 6.04. The molecule has 1 saturated heterocycles. The minimum Gasteiger partial charge on any atom is -0.391 e. The molecule has 1 aromatic rings. The summed E-state index contributed by atoms with van der Waals surface area (Å²) in [6.07, 6.45) is 0.0186. The molecule has 0 unspecified atom stereocenters. The van der Waals surface area contributed by atoms with Crippen LogP contribution in [0, 0.1) is 10.1 Å². The van der Waals surface area contributed by atoms with Gasteiger partial charge >= 0.3 is 0 Å². The number of sulfonamides is 1. The molecule has 2 rings (SSSR count). The fraction of sp³-hybridized carbons (Fsp3) is 0.571. The highest BCUT2D eigenvalue weighted by molar-refractivity contribution is 7.89. The Balaban J connectivity index is 2.46. The van der Waals surface area contributed by atoms with Crippen molar-refractivity contribution < 1.29 is 18.4 Å². The first-order valence-electron chi connectivity index (χ1n) is 7.52. The van der Waals surface area contributed by atoms with Crippen LogP contribution >= 0.6 is 0 Å². The average Bonchev–Trinajstić information content (AvgIpc) is 2.94. The van der Waals surface area contributed by atoms with E-state index in [0.29, 0.717) is 38.3 Å². The van der Waals surface area contributed by atoms with Crippen LogP contribution in [0.5, 0.6) is 0 Å². The van der Waals surface area contributed by atoms with Crippen molar-refractivity contribution in [2.75, 3.05) is 31.1 Å². The van der Waals surface area contributed by atoms with E-state index in [1.165, 1.54) is 16.4 Å². The van der Waals surface area contributed by atoms with E-state index in [4.69, 9.17) is 0 Å². The number of aliphatic hydroxyl groups is 1. The summed E-state index contributed by atoms with van der Waals surface area (Å²) in [5.74, 6) is 0. The lowest BCUT2D eigenvalue weighted by molar-refractivity contribution is -0.384. The van der Waals surface area contributed by atoms with Gasteiger partial charge in [0.25, 0.3) is 5.69 Å². The first kappa shape index (κ1) is 17.6. The molecule has 0 spiro atoms. The van der Waals surface area contributed by atoms with Crippen molar-refractivity contribution in [3.8, 4) is 0 Å². The van der Waals surface area contributed by atoms with E-state index < -0.39 is 21.1 Å². The summed E-state index contributed by atoms with van der Waals surface area (Å²) in [5.41, 5.74) is 0.0809. The monoisotopic (exact) mass is 343 g/mol. The number of hydrogen-bond acceptors (Lipinski definition) is 6. The first-order chi connectivity index (χ1) is 10.8. The quantitative estimate of drug-likeness (QED) is 0.615. The van der Waals surface area contributed by atoms with Gasteiger partial charge in [0, 0.05) is 32.2 Å². The second-order valence-corrected chi connectivity index (χ2v) is 7.32. The largest absolute Gasteiger partial charge is 0.391 e. The Morgan fingerprint density at radius 1 is 1.39 bits per heavy atom. The molecule has 0 aliphatic carbocycles.